The number of rotatable bonds is 4. The highest BCUT2D eigenvalue weighted by Crippen LogP contribution is 2.20. The van der Waals surface area contributed by atoms with Gasteiger partial charge in [0.15, 0.2) is 0 Å². The molecule has 0 saturated heterocycles. The van der Waals surface area contributed by atoms with Crippen LogP contribution in [0.3, 0.4) is 0 Å². The molecule has 0 unspecified atom stereocenters. The van der Waals surface area contributed by atoms with Crippen molar-refractivity contribution >= 4 is 43.5 Å². The van der Waals surface area contributed by atoms with Gasteiger partial charge < -0.3 is 5.32 Å². The number of aryl methyl sites for hydroxylation is 1. The Hall–Kier alpha value is -2.06. The van der Waals surface area contributed by atoms with Crippen molar-refractivity contribution in [3.8, 4) is 11.4 Å². The Bertz CT molecular complexity index is 876. The number of carbonyl (C=O) groups excluding carboxylic acids is 1. The molecule has 1 aromatic heterocycles. The standard InChI is InChI=1S/C16H13Br2N5O/c1-10-8-13(18)6-7-14(10)19-15(24)9-23-21-16(20-22-23)11-2-4-12(17)5-3-11/h2-8H,9H2,1H3,(H,19,24). The lowest BCUT2D eigenvalue weighted by molar-refractivity contribution is -0.117. The summed E-state index contributed by atoms with van der Waals surface area (Å²) in [7, 11) is 0. The van der Waals surface area contributed by atoms with E-state index in [-0.39, 0.29) is 12.5 Å². The first-order valence-corrected chi connectivity index (χ1v) is 8.69. The third-order valence-electron chi connectivity index (χ3n) is 3.30. The minimum Gasteiger partial charge on any atom is -0.324 e. The number of hydrogen-bond donors (Lipinski definition) is 1. The van der Waals surface area contributed by atoms with E-state index in [9.17, 15) is 4.79 Å². The summed E-state index contributed by atoms with van der Waals surface area (Å²) < 4.78 is 1.94. The lowest BCUT2D eigenvalue weighted by Crippen LogP contribution is -2.20. The van der Waals surface area contributed by atoms with Crippen LogP contribution in [-0.2, 0) is 11.3 Å². The maximum Gasteiger partial charge on any atom is 0.248 e. The summed E-state index contributed by atoms with van der Waals surface area (Å²) in [5.74, 6) is 0.273. The lowest BCUT2D eigenvalue weighted by atomic mass is 10.2. The molecule has 0 atom stereocenters. The highest BCUT2D eigenvalue weighted by atomic mass is 79.9. The third-order valence-corrected chi connectivity index (χ3v) is 4.32. The number of tetrazole rings is 1. The van der Waals surface area contributed by atoms with Crippen molar-refractivity contribution in [2.24, 2.45) is 0 Å². The van der Waals surface area contributed by atoms with Crippen LogP contribution in [0.1, 0.15) is 5.56 Å². The van der Waals surface area contributed by atoms with Gasteiger partial charge in [0.1, 0.15) is 6.54 Å². The van der Waals surface area contributed by atoms with Gasteiger partial charge in [-0.25, -0.2) is 0 Å². The van der Waals surface area contributed by atoms with Gasteiger partial charge in [0, 0.05) is 20.2 Å². The molecule has 0 radical (unpaired) electrons. The van der Waals surface area contributed by atoms with Gasteiger partial charge in [0.25, 0.3) is 0 Å². The molecular weight excluding hydrogens is 438 g/mol. The molecule has 3 aromatic rings. The summed E-state index contributed by atoms with van der Waals surface area (Å²) in [6.45, 7) is 1.93. The van der Waals surface area contributed by atoms with Crippen LogP contribution in [-0.4, -0.2) is 26.1 Å². The number of aromatic nitrogens is 4. The van der Waals surface area contributed by atoms with Crippen molar-refractivity contribution in [3.63, 3.8) is 0 Å². The van der Waals surface area contributed by atoms with Crippen molar-refractivity contribution in [1.82, 2.24) is 20.2 Å². The Labute approximate surface area is 155 Å². The van der Waals surface area contributed by atoms with Crippen LogP contribution in [0.5, 0.6) is 0 Å². The van der Waals surface area contributed by atoms with Crippen molar-refractivity contribution in [2.75, 3.05) is 5.32 Å². The quantitative estimate of drug-likeness (QED) is 0.655. The van der Waals surface area contributed by atoms with Gasteiger partial charge in [-0.05, 0) is 60.2 Å². The summed E-state index contributed by atoms with van der Waals surface area (Å²) in [5.41, 5.74) is 2.57. The number of benzene rings is 2. The van der Waals surface area contributed by atoms with Gasteiger partial charge in [0.05, 0.1) is 0 Å². The molecule has 0 aliphatic heterocycles. The minimum atomic E-state index is -0.208. The second-order valence-electron chi connectivity index (χ2n) is 5.16. The smallest absolute Gasteiger partial charge is 0.248 e. The zero-order valence-corrected chi connectivity index (χ0v) is 15.9. The number of amides is 1. The SMILES string of the molecule is Cc1cc(Br)ccc1NC(=O)Cn1nnc(-c2ccc(Br)cc2)n1. The van der Waals surface area contributed by atoms with Gasteiger partial charge >= 0.3 is 0 Å². The highest BCUT2D eigenvalue weighted by Gasteiger charge is 2.10. The van der Waals surface area contributed by atoms with E-state index in [1.165, 1.54) is 4.80 Å². The maximum absolute atomic E-state index is 12.2. The summed E-state index contributed by atoms with van der Waals surface area (Å²) in [5, 5.41) is 15.0. The molecule has 8 heteroatoms. The molecule has 0 saturated carbocycles. The largest absolute Gasteiger partial charge is 0.324 e. The fourth-order valence-electron chi connectivity index (χ4n) is 2.11. The monoisotopic (exact) mass is 449 g/mol. The Morgan fingerprint density at radius 3 is 2.54 bits per heavy atom. The first-order chi connectivity index (χ1) is 11.5. The van der Waals surface area contributed by atoms with Crippen molar-refractivity contribution in [2.45, 2.75) is 13.5 Å². The number of nitrogens with zero attached hydrogens (tertiary/aromatic N) is 4. The molecule has 0 aliphatic carbocycles. The van der Waals surface area contributed by atoms with E-state index in [2.05, 4.69) is 52.6 Å². The Kier molecular flexibility index (Phi) is 5.06. The average molecular weight is 451 g/mol. The molecular formula is C16H13Br2N5O. The first-order valence-electron chi connectivity index (χ1n) is 7.11. The number of halogens is 2. The zero-order valence-electron chi connectivity index (χ0n) is 12.7. The molecule has 1 N–H and O–H groups in total. The molecule has 122 valence electrons. The summed E-state index contributed by atoms with van der Waals surface area (Å²) in [6, 6.07) is 13.2. The number of anilines is 1. The molecule has 6 nitrogen and oxygen atoms in total. The number of carbonyl (C=O) groups is 1. The van der Waals surface area contributed by atoms with Gasteiger partial charge in [-0.15, -0.1) is 10.2 Å². The topological polar surface area (TPSA) is 72.7 Å². The molecule has 0 spiro atoms. The van der Waals surface area contributed by atoms with E-state index in [0.717, 1.165) is 25.8 Å². The number of nitrogens with one attached hydrogen (secondary N) is 1. The van der Waals surface area contributed by atoms with Crippen LogP contribution in [0, 0.1) is 6.92 Å². The van der Waals surface area contributed by atoms with Crippen LogP contribution in [0.4, 0.5) is 5.69 Å². The van der Waals surface area contributed by atoms with E-state index >= 15 is 0 Å². The number of hydrogen-bond acceptors (Lipinski definition) is 4. The molecule has 0 fully saturated rings. The predicted octanol–water partition coefficient (Wildman–Crippen LogP) is 3.81. The van der Waals surface area contributed by atoms with Crippen molar-refractivity contribution in [1.29, 1.82) is 0 Å². The molecule has 0 bridgehead atoms. The molecule has 1 amide bonds. The third kappa shape index (κ3) is 4.07. The van der Waals surface area contributed by atoms with Gasteiger partial charge in [-0.1, -0.05) is 31.9 Å². The van der Waals surface area contributed by atoms with Crippen molar-refractivity contribution < 1.29 is 4.79 Å². The van der Waals surface area contributed by atoms with E-state index in [1.54, 1.807) is 0 Å². The lowest BCUT2D eigenvalue weighted by Gasteiger charge is -2.08. The summed E-state index contributed by atoms with van der Waals surface area (Å²) in [4.78, 5) is 13.4. The van der Waals surface area contributed by atoms with E-state index in [4.69, 9.17) is 0 Å². The van der Waals surface area contributed by atoms with E-state index in [0.29, 0.717) is 5.82 Å². The van der Waals surface area contributed by atoms with E-state index < -0.39 is 0 Å². The van der Waals surface area contributed by atoms with Crippen LogP contribution < -0.4 is 5.32 Å². The van der Waals surface area contributed by atoms with Crippen LogP contribution in [0.2, 0.25) is 0 Å². The second kappa shape index (κ2) is 7.23. The second-order valence-corrected chi connectivity index (χ2v) is 6.99. The molecule has 24 heavy (non-hydrogen) atoms. The van der Waals surface area contributed by atoms with Gasteiger partial charge in [0.2, 0.25) is 11.7 Å². The maximum atomic E-state index is 12.2. The Morgan fingerprint density at radius 1 is 1.12 bits per heavy atom. The molecule has 3 rings (SSSR count). The van der Waals surface area contributed by atoms with Crippen molar-refractivity contribution in [3.05, 3.63) is 57.0 Å². The minimum absolute atomic E-state index is 0.000960. The Balaban J connectivity index is 1.68. The normalized spacial score (nSPS) is 10.6. The van der Waals surface area contributed by atoms with Gasteiger partial charge in [-0.2, -0.15) is 4.80 Å². The summed E-state index contributed by atoms with van der Waals surface area (Å²) >= 11 is 6.78. The highest BCUT2D eigenvalue weighted by molar-refractivity contribution is 9.10. The fraction of sp³-hybridized carbons (Fsp3) is 0.125. The van der Waals surface area contributed by atoms with Gasteiger partial charge in [-0.3, -0.25) is 4.79 Å². The fourth-order valence-corrected chi connectivity index (χ4v) is 2.85. The average Bonchev–Trinajstić information content (AvgIpc) is 2.99. The first kappa shape index (κ1) is 16.8. The van der Waals surface area contributed by atoms with Crippen LogP contribution >= 0.6 is 31.9 Å². The van der Waals surface area contributed by atoms with Crippen LogP contribution in [0.25, 0.3) is 11.4 Å². The molecule has 0 aliphatic rings. The van der Waals surface area contributed by atoms with Crippen LogP contribution in [0.15, 0.2) is 51.4 Å². The summed E-state index contributed by atoms with van der Waals surface area (Å²) in [6.07, 6.45) is 0. The zero-order chi connectivity index (χ0) is 17.1. The molecule has 1 heterocycles. The predicted molar refractivity (Wildman–Crippen MR) is 98.5 cm³/mol. The Morgan fingerprint density at radius 2 is 1.83 bits per heavy atom. The van der Waals surface area contributed by atoms with E-state index in [1.807, 2.05) is 49.4 Å². The molecule has 2 aromatic carbocycles.